The topological polar surface area (TPSA) is 149 Å². The van der Waals surface area contributed by atoms with Crippen molar-refractivity contribution < 1.29 is 28.8 Å². The molecule has 0 N–H and O–H groups in total. The van der Waals surface area contributed by atoms with Crippen molar-refractivity contribution in [3.63, 3.8) is 0 Å². The maximum absolute atomic E-state index is 14.2. The van der Waals surface area contributed by atoms with Crippen molar-refractivity contribution in [1.29, 1.82) is 0 Å². The first-order valence-corrected chi connectivity index (χ1v) is 16.1. The van der Waals surface area contributed by atoms with E-state index in [4.69, 9.17) is 0 Å². The largest absolute Gasteiger partial charge is 0.293 e. The van der Waals surface area contributed by atoms with Crippen LogP contribution in [0, 0.1) is 17.8 Å². The summed E-state index contributed by atoms with van der Waals surface area (Å²) in [6.45, 7) is 4.65. The fourth-order valence-electron chi connectivity index (χ4n) is 6.42. The number of benzene rings is 4. The van der Waals surface area contributed by atoms with Gasteiger partial charge < -0.3 is 0 Å². The molecule has 0 bridgehead atoms. The molecule has 4 aromatic carbocycles. The highest BCUT2D eigenvalue weighted by Gasteiger charge is 2.44. The Morgan fingerprint density at radius 1 is 0.431 bits per heavy atom. The highest BCUT2D eigenvalue weighted by Crippen LogP contribution is 2.32. The van der Waals surface area contributed by atoms with Gasteiger partial charge in [0, 0.05) is 16.7 Å². The molecular weight excluding hydrogens is 648 g/mol. The van der Waals surface area contributed by atoms with Crippen molar-refractivity contribution in [1.82, 2.24) is 0 Å². The predicted molar refractivity (Wildman–Crippen MR) is 191 cm³/mol. The Hall–Kier alpha value is -6.69. The summed E-state index contributed by atoms with van der Waals surface area (Å²) in [5.41, 5.74) is 1.66. The Bertz CT molecular complexity index is 1970. The maximum atomic E-state index is 14.2. The number of anilines is 3. The van der Waals surface area contributed by atoms with Gasteiger partial charge in [0.1, 0.15) is 17.8 Å². The van der Waals surface area contributed by atoms with Crippen LogP contribution < -0.4 is 15.0 Å². The van der Waals surface area contributed by atoms with Crippen LogP contribution in [0.25, 0.3) is 0 Å². The van der Waals surface area contributed by atoms with Crippen molar-refractivity contribution in [3.05, 3.63) is 126 Å². The number of para-hydroxylation sites is 3. The SMILES string of the molecule is CC1=NN(c2ccccc2)C(=O)C1C(=O)c1cc(C(=O)C2C(=O)N(c3ccccc3)N=C2C)cc(C(=O)C2C(=O)N(c3ccccc3)N=C2C)c1. The molecule has 0 saturated carbocycles. The van der Waals surface area contributed by atoms with Gasteiger partial charge in [0.25, 0.3) is 17.7 Å². The van der Waals surface area contributed by atoms with Gasteiger partial charge in [0.2, 0.25) is 0 Å². The highest BCUT2D eigenvalue weighted by atomic mass is 16.2. The lowest BCUT2D eigenvalue weighted by molar-refractivity contribution is -0.119. The van der Waals surface area contributed by atoms with Crippen LogP contribution in [0.4, 0.5) is 17.1 Å². The zero-order chi connectivity index (χ0) is 36.0. The first kappa shape index (κ1) is 32.8. The zero-order valence-electron chi connectivity index (χ0n) is 27.8. The molecule has 0 spiro atoms. The Morgan fingerprint density at radius 3 is 0.902 bits per heavy atom. The average Bonchev–Trinajstić information content (AvgIpc) is 3.74. The van der Waals surface area contributed by atoms with Crippen LogP contribution in [0.1, 0.15) is 51.8 Å². The Balaban J connectivity index is 1.27. The summed E-state index contributed by atoms with van der Waals surface area (Å²) in [7, 11) is 0. The number of ketones is 3. The second kappa shape index (κ2) is 13.0. The van der Waals surface area contributed by atoms with Crippen molar-refractivity contribution in [2.24, 2.45) is 33.1 Å². The molecule has 0 aromatic heterocycles. The van der Waals surface area contributed by atoms with Gasteiger partial charge in [-0.1, -0.05) is 54.6 Å². The molecule has 0 saturated heterocycles. The van der Waals surface area contributed by atoms with Crippen LogP contribution in [0.3, 0.4) is 0 Å². The third-order valence-corrected chi connectivity index (χ3v) is 8.97. The zero-order valence-corrected chi connectivity index (χ0v) is 27.8. The molecule has 3 heterocycles. The predicted octanol–water partition coefficient (Wildman–Crippen LogP) is 5.35. The average molecular weight is 679 g/mol. The van der Waals surface area contributed by atoms with E-state index >= 15 is 0 Å². The summed E-state index contributed by atoms with van der Waals surface area (Å²) in [4.78, 5) is 83.5. The molecule has 0 radical (unpaired) electrons. The smallest absolute Gasteiger partial charge is 0.264 e. The molecule has 0 aliphatic carbocycles. The van der Waals surface area contributed by atoms with E-state index in [0.29, 0.717) is 17.1 Å². The van der Waals surface area contributed by atoms with Crippen molar-refractivity contribution in [3.8, 4) is 0 Å². The van der Waals surface area contributed by atoms with Crippen molar-refractivity contribution in [2.75, 3.05) is 15.0 Å². The van der Waals surface area contributed by atoms with E-state index in [9.17, 15) is 28.8 Å². The number of hydrazone groups is 3. The lowest BCUT2D eigenvalue weighted by Crippen LogP contribution is -2.35. The number of carbonyl (C=O) groups is 6. The van der Waals surface area contributed by atoms with E-state index < -0.39 is 52.8 Å². The van der Waals surface area contributed by atoms with E-state index in [0.717, 1.165) is 15.0 Å². The molecule has 3 amide bonds. The monoisotopic (exact) mass is 678 g/mol. The molecular formula is C39H30N6O6. The lowest BCUT2D eigenvalue weighted by atomic mass is 9.85. The molecule has 3 aliphatic rings. The van der Waals surface area contributed by atoms with Crippen LogP contribution in [-0.4, -0.2) is 52.2 Å². The first-order valence-electron chi connectivity index (χ1n) is 16.1. The van der Waals surface area contributed by atoms with Gasteiger partial charge in [-0.25, -0.2) is 0 Å². The molecule has 3 aliphatic heterocycles. The highest BCUT2D eigenvalue weighted by molar-refractivity contribution is 6.34. The summed E-state index contributed by atoms with van der Waals surface area (Å²) in [5, 5.41) is 16.4. The molecule has 51 heavy (non-hydrogen) atoms. The molecule has 12 heteroatoms. The van der Waals surface area contributed by atoms with E-state index in [1.807, 2.05) is 0 Å². The van der Waals surface area contributed by atoms with Gasteiger partial charge in [-0.15, -0.1) is 0 Å². The molecule has 0 fully saturated rings. The minimum Gasteiger partial charge on any atom is -0.293 e. The molecule has 252 valence electrons. The van der Waals surface area contributed by atoms with E-state index in [2.05, 4.69) is 15.3 Å². The van der Waals surface area contributed by atoms with Crippen LogP contribution in [0.2, 0.25) is 0 Å². The lowest BCUT2D eigenvalue weighted by Gasteiger charge is -2.17. The third-order valence-electron chi connectivity index (χ3n) is 8.97. The number of carbonyl (C=O) groups excluding carboxylic acids is 6. The van der Waals surface area contributed by atoms with Gasteiger partial charge in [-0.3, -0.25) is 28.8 Å². The summed E-state index contributed by atoms with van der Waals surface area (Å²) in [6.07, 6.45) is 0. The van der Waals surface area contributed by atoms with Gasteiger partial charge in [-0.2, -0.15) is 30.3 Å². The Morgan fingerprint density at radius 2 is 0.667 bits per heavy atom. The Labute approximate surface area is 292 Å². The van der Waals surface area contributed by atoms with Gasteiger partial charge in [0.15, 0.2) is 17.3 Å². The van der Waals surface area contributed by atoms with Crippen molar-refractivity contribution in [2.45, 2.75) is 20.8 Å². The van der Waals surface area contributed by atoms with Gasteiger partial charge in [-0.05, 0) is 75.4 Å². The van der Waals surface area contributed by atoms with Crippen LogP contribution in [0.15, 0.2) is 124 Å². The molecule has 7 rings (SSSR count). The van der Waals surface area contributed by atoms with Crippen LogP contribution in [0.5, 0.6) is 0 Å². The van der Waals surface area contributed by atoms with Crippen molar-refractivity contribution >= 4 is 69.3 Å². The van der Waals surface area contributed by atoms with Crippen LogP contribution >= 0.6 is 0 Å². The van der Waals surface area contributed by atoms with E-state index in [-0.39, 0.29) is 33.8 Å². The second-order valence-electron chi connectivity index (χ2n) is 12.4. The minimum atomic E-state index is -1.34. The second-order valence-corrected chi connectivity index (χ2v) is 12.4. The van der Waals surface area contributed by atoms with Gasteiger partial charge >= 0.3 is 0 Å². The number of hydrogen-bond donors (Lipinski definition) is 0. The number of Topliss-reactive ketones (excluding diaryl/α,β-unsaturated/α-hetero) is 3. The summed E-state index contributed by atoms with van der Waals surface area (Å²) in [5.74, 6) is -7.94. The van der Waals surface area contributed by atoms with E-state index in [1.165, 1.54) is 18.2 Å². The third kappa shape index (κ3) is 5.76. The number of amides is 3. The summed E-state index contributed by atoms with van der Waals surface area (Å²) in [6, 6.07) is 29.7. The maximum Gasteiger partial charge on any atom is 0.264 e. The number of rotatable bonds is 9. The normalized spacial score (nSPS) is 20.1. The first-order chi connectivity index (χ1) is 24.5. The minimum absolute atomic E-state index is 0.132. The summed E-state index contributed by atoms with van der Waals surface area (Å²) >= 11 is 0. The number of nitrogens with zero attached hydrogens (tertiary/aromatic N) is 6. The quantitative estimate of drug-likeness (QED) is 0.172. The Kier molecular flexibility index (Phi) is 8.35. The molecule has 3 unspecified atom stereocenters. The number of hydrogen-bond acceptors (Lipinski definition) is 9. The standard InChI is InChI=1S/C39H30N6O6/c1-22-31(37(49)43(40-22)28-13-7-4-8-14-28)34(46)25-19-26(35(47)32-23(2)41-44(38(32)50)29-15-9-5-10-16-29)21-27(20-25)36(48)33-24(3)42-45(39(33)51)30-17-11-6-12-18-30/h4-21,31-33H,1-3H3. The molecule has 3 atom stereocenters. The van der Waals surface area contributed by atoms with Crippen LogP contribution in [-0.2, 0) is 14.4 Å². The fourth-order valence-corrected chi connectivity index (χ4v) is 6.42. The molecule has 4 aromatic rings. The summed E-state index contributed by atoms with van der Waals surface area (Å²) < 4.78 is 0. The fraction of sp³-hybridized carbons (Fsp3) is 0.154. The van der Waals surface area contributed by atoms with Gasteiger partial charge in [0.05, 0.1) is 34.2 Å². The molecule has 12 nitrogen and oxygen atoms in total. The van der Waals surface area contributed by atoms with E-state index in [1.54, 1.807) is 112 Å².